The first-order chi connectivity index (χ1) is 8.42. The molecule has 1 aromatic carbocycles. The van der Waals surface area contributed by atoms with Gasteiger partial charge in [0.05, 0.1) is 6.61 Å². The van der Waals surface area contributed by atoms with Gasteiger partial charge in [-0.05, 0) is 18.1 Å². The quantitative estimate of drug-likeness (QED) is 0.483. The third kappa shape index (κ3) is 5.28. The van der Waals surface area contributed by atoms with Gasteiger partial charge in [0, 0.05) is 12.0 Å². The Morgan fingerprint density at radius 1 is 1.39 bits per heavy atom. The summed E-state index contributed by atoms with van der Waals surface area (Å²) in [7, 11) is -4.67. The Bertz CT molecular complexity index is 476. The van der Waals surface area contributed by atoms with Crippen LogP contribution in [0.15, 0.2) is 30.9 Å². The monoisotopic (exact) mass is 274 g/mol. The van der Waals surface area contributed by atoms with Crippen LogP contribution in [-0.4, -0.2) is 24.1 Å². The van der Waals surface area contributed by atoms with Crippen LogP contribution in [0.4, 0.5) is 0 Å². The number of fused-ring (bicyclic) bond motifs is 2. The van der Waals surface area contributed by atoms with Crippen molar-refractivity contribution in [2.75, 3.05) is 6.61 Å². The molecule has 1 aliphatic rings. The third-order valence-electron chi connectivity index (χ3n) is 2.18. The van der Waals surface area contributed by atoms with Crippen molar-refractivity contribution in [2.45, 2.75) is 12.8 Å². The molecule has 0 spiro atoms. The molecule has 0 aliphatic carbocycles. The van der Waals surface area contributed by atoms with Crippen molar-refractivity contribution in [1.82, 2.24) is 0 Å². The lowest BCUT2D eigenvalue weighted by Crippen LogP contribution is -1.96. The zero-order valence-electron chi connectivity index (χ0n) is 9.57. The first kappa shape index (κ1) is 14.7. The predicted octanol–water partition coefficient (Wildman–Crippen LogP) is 1.63. The molecule has 2 rings (SSSR count). The van der Waals surface area contributed by atoms with Crippen molar-refractivity contribution in [1.29, 1.82) is 0 Å². The van der Waals surface area contributed by atoms with E-state index in [9.17, 15) is 0 Å². The van der Waals surface area contributed by atoms with Gasteiger partial charge in [0.2, 0.25) is 0 Å². The van der Waals surface area contributed by atoms with Gasteiger partial charge >= 0.3 is 10.4 Å². The van der Waals surface area contributed by atoms with E-state index in [-0.39, 0.29) is 0 Å². The van der Waals surface area contributed by atoms with E-state index in [4.69, 9.17) is 27.3 Å². The van der Waals surface area contributed by atoms with Gasteiger partial charge in [0.25, 0.3) is 0 Å². The zero-order valence-corrected chi connectivity index (χ0v) is 10.4. The summed E-state index contributed by atoms with van der Waals surface area (Å²) in [6.45, 7) is 4.35. The normalized spacial score (nSPS) is 13.7. The van der Waals surface area contributed by atoms with Crippen LogP contribution in [0.25, 0.3) is 0 Å². The van der Waals surface area contributed by atoms with Crippen LogP contribution in [-0.2, 0) is 28.1 Å². The van der Waals surface area contributed by atoms with E-state index in [1.165, 1.54) is 11.1 Å². The Kier molecular flexibility index (Phi) is 5.29. The van der Waals surface area contributed by atoms with Crippen LogP contribution in [0.1, 0.15) is 11.1 Å². The fourth-order valence-electron chi connectivity index (χ4n) is 1.56. The minimum Gasteiger partial charge on any atom is -0.337 e. The molecule has 0 saturated heterocycles. The molecule has 2 N–H and O–H groups in total. The predicted molar refractivity (Wildman–Crippen MR) is 64.8 cm³/mol. The largest absolute Gasteiger partial charge is 0.394 e. The smallest absolute Gasteiger partial charge is 0.337 e. The van der Waals surface area contributed by atoms with Crippen LogP contribution < -0.4 is 4.89 Å². The number of hydrogen-bond acceptors (Lipinski definition) is 4. The highest BCUT2D eigenvalue weighted by atomic mass is 32.3. The molecule has 2 bridgehead atoms. The van der Waals surface area contributed by atoms with E-state index in [0.717, 1.165) is 18.6 Å². The summed E-state index contributed by atoms with van der Waals surface area (Å²) in [5.41, 5.74) is 2.50. The summed E-state index contributed by atoms with van der Waals surface area (Å²) in [5, 5.41) is 0. The van der Waals surface area contributed by atoms with Crippen molar-refractivity contribution in [2.24, 2.45) is 0 Å². The van der Waals surface area contributed by atoms with Gasteiger partial charge < -0.3 is 4.89 Å². The van der Waals surface area contributed by atoms with Crippen LogP contribution in [0.5, 0.6) is 5.75 Å². The van der Waals surface area contributed by atoms with Gasteiger partial charge in [-0.25, -0.2) is 0 Å². The Morgan fingerprint density at radius 2 is 2.06 bits per heavy atom. The topological polar surface area (TPSA) is 93.1 Å². The molecule has 0 saturated carbocycles. The molecule has 1 aromatic rings. The minimum absolute atomic E-state index is 0.623. The van der Waals surface area contributed by atoms with Crippen molar-refractivity contribution in [3.05, 3.63) is 42.0 Å². The molecule has 0 amide bonds. The first-order valence-electron chi connectivity index (χ1n) is 5.13. The molecule has 1 aliphatic heterocycles. The highest BCUT2D eigenvalue weighted by molar-refractivity contribution is 7.79. The summed E-state index contributed by atoms with van der Waals surface area (Å²) in [6, 6.07) is 6.03. The van der Waals surface area contributed by atoms with Crippen molar-refractivity contribution in [3.8, 4) is 5.75 Å². The van der Waals surface area contributed by atoms with Gasteiger partial charge in [0.1, 0.15) is 0 Å². The average molecular weight is 274 g/mol. The maximum absolute atomic E-state index is 8.74. The van der Waals surface area contributed by atoms with Gasteiger partial charge in [-0.15, -0.1) is 6.58 Å². The van der Waals surface area contributed by atoms with Crippen molar-refractivity contribution < 1.29 is 27.3 Å². The van der Waals surface area contributed by atoms with E-state index in [0.29, 0.717) is 6.61 Å². The van der Waals surface area contributed by atoms with Crippen LogP contribution in [0.3, 0.4) is 0 Å². The minimum atomic E-state index is -4.67. The van der Waals surface area contributed by atoms with Crippen molar-refractivity contribution in [3.63, 3.8) is 0 Å². The van der Waals surface area contributed by atoms with Gasteiger partial charge in [-0.1, -0.05) is 18.2 Å². The molecule has 0 fully saturated rings. The SMILES string of the molecule is C=CCc1c2cccc1OOCC2.O=S(=O)(O)O. The standard InChI is InChI=1S/C11H12O2.H2O4S/c1-2-4-10-9-5-3-6-11(10)13-12-8-7-9;1-5(2,3)4/h2-3,5-6H,1,4,7-8H2;(H2,1,2,3,4). The Balaban J connectivity index is 0.000000280. The number of rotatable bonds is 2. The van der Waals surface area contributed by atoms with E-state index in [2.05, 4.69) is 12.6 Å². The van der Waals surface area contributed by atoms with Crippen LogP contribution in [0, 0.1) is 0 Å². The summed E-state index contributed by atoms with van der Waals surface area (Å²) in [6.07, 6.45) is 3.64. The molecule has 0 aromatic heterocycles. The third-order valence-corrected chi connectivity index (χ3v) is 2.18. The molecule has 0 atom stereocenters. The zero-order chi connectivity index (χ0) is 13.6. The van der Waals surface area contributed by atoms with Gasteiger partial charge in [-0.3, -0.25) is 9.11 Å². The highest BCUT2D eigenvalue weighted by Crippen LogP contribution is 2.26. The number of allylic oxidation sites excluding steroid dienone is 1. The van der Waals surface area contributed by atoms with Crippen molar-refractivity contribution >= 4 is 10.4 Å². The lowest BCUT2D eigenvalue weighted by molar-refractivity contribution is -0.203. The fourth-order valence-corrected chi connectivity index (χ4v) is 1.56. The molecule has 1 heterocycles. The number of hydrogen-bond donors (Lipinski definition) is 2. The van der Waals surface area contributed by atoms with Crippen LogP contribution >= 0.6 is 0 Å². The van der Waals surface area contributed by atoms with Gasteiger partial charge in [0.15, 0.2) is 5.75 Å². The summed E-state index contributed by atoms with van der Waals surface area (Å²) in [5.74, 6) is 0.829. The molecular weight excluding hydrogens is 260 g/mol. The second kappa shape index (κ2) is 6.50. The lowest BCUT2D eigenvalue weighted by atomic mass is 10.0. The molecular formula is C11H14O6S. The maximum atomic E-state index is 8.74. The van der Waals surface area contributed by atoms with Crippen LogP contribution in [0.2, 0.25) is 0 Å². The second-order valence-electron chi connectivity index (χ2n) is 3.49. The first-order valence-corrected chi connectivity index (χ1v) is 6.52. The highest BCUT2D eigenvalue weighted by Gasteiger charge is 2.12. The summed E-state index contributed by atoms with van der Waals surface area (Å²) in [4.78, 5) is 10.1. The molecule has 0 radical (unpaired) electrons. The van der Waals surface area contributed by atoms with E-state index in [1.54, 1.807) is 0 Å². The number of benzene rings is 1. The Hall–Kier alpha value is -1.41. The molecule has 0 unspecified atom stereocenters. The molecule has 7 heteroatoms. The molecule has 6 nitrogen and oxygen atoms in total. The van der Waals surface area contributed by atoms with E-state index < -0.39 is 10.4 Å². The summed E-state index contributed by atoms with van der Waals surface area (Å²) < 4.78 is 31.6. The second-order valence-corrected chi connectivity index (χ2v) is 4.39. The Morgan fingerprint density at radius 3 is 2.67 bits per heavy atom. The van der Waals surface area contributed by atoms with Gasteiger partial charge in [-0.2, -0.15) is 13.3 Å². The Labute approximate surface area is 105 Å². The van der Waals surface area contributed by atoms with E-state index in [1.807, 2.05) is 18.2 Å². The fraction of sp³-hybridized carbons (Fsp3) is 0.273. The molecule has 100 valence electrons. The van der Waals surface area contributed by atoms with E-state index >= 15 is 0 Å². The lowest BCUT2D eigenvalue weighted by Gasteiger charge is -2.06. The summed E-state index contributed by atoms with van der Waals surface area (Å²) >= 11 is 0. The molecule has 18 heavy (non-hydrogen) atoms. The average Bonchev–Trinajstić information content (AvgIpc) is 2.36. The maximum Gasteiger partial charge on any atom is 0.394 e.